The third kappa shape index (κ3) is 5.60. The lowest BCUT2D eigenvalue weighted by molar-refractivity contribution is -0.120. The van der Waals surface area contributed by atoms with Crippen molar-refractivity contribution in [3.63, 3.8) is 0 Å². The van der Waals surface area contributed by atoms with Crippen LogP contribution in [0.15, 0.2) is 24.3 Å². The van der Waals surface area contributed by atoms with Gasteiger partial charge in [0.1, 0.15) is 0 Å². The number of piperazine rings is 1. The zero-order valence-electron chi connectivity index (χ0n) is 15.5. The van der Waals surface area contributed by atoms with Gasteiger partial charge in [0.2, 0.25) is 5.91 Å². The molecule has 1 aliphatic heterocycles. The number of hydrogen-bond donors (Lipinski definition) is 2. The Bertz CT molecular complexity index is 564. The van der Waals surface area contributed by atoms with Crippen molar-refractivity contribution in [2.24, 2.45) is 11.7 Å². The zero-order valence-corrected chi connectivity index (χ0v) is 16.3. The molecule has 6 heteroatoms. The average Bonchev–Trinajstić information content (AvgIpc) is 2.68. The van der Waals surface area contributed by atoms with E-state index in [1.165, 1.54) is 31.5 Å². The van der Waals surface area contributed by atoms with Gasteiger partial charge < -0.3 is 16.0 Å². The van der Waals surface area contributed by atoms with Gasteiger partial charge in [0.05, 0.1) is 6.54 Å². The summed E-state index contributed by atoms with van der Waals surface area (Å²) in [6.07, 6.45) is 5.92. The number of carbonyl (C=O) groups is 1. The Kier molecular flexibility index (Phi) is 7.17. The minimum Gasteiger partial charge on any atom is -0.369 e. The molecule has 3 rings (SSSR count). The van der Waals surface area contributed by atoms with E-state index in [1.54, 1.807) is 0 Å². The van der Waals surface area contributed by atoms with E-state index in [0.29, 0.717) is 6.04 Å². The van der Waals surface area contributed by atoms with E-state index in [0.717, 1.165) is 50.0 Å². The van der Waals surface area contributed by atoms with Crippen LogP contribution in [-0.4, -0.2) is 56.1 Å². The quantitative estimate of drug-likeness (QED) is 0.798. The van der Waals surface area contributed by atoms with Crippen molar-refractivity contribution in [2.75, 3.05) is 44.2 Å². The van der Waals surface area contributed by atoms with Crippen LogP contribution >= 0.6 is 11.6 Å². The number of amides is 1. The van der Waals surface area contributed by atoms with E-state index in [1.807, 2.05) is 12.1 Å². The van der Waals surface area contributed by atoms with Crippen molar-refractivity contribution in [2.45, 2.75) is 38.1 Å². The van der Waals surface area contributed by atoms with Gasteiger partial charge in [0, 0.05) is 42.9 Å². The summed E-state index contributed by atoms with van der Waals surface area (Å²) in [6.45, 7) is 5.72. The molecular formula is C20H31ClN4O. The van der Waals surface area contributed by atoms with Gasteiger partial charge in [-0.25, -0.2) is 0 Å². The lowest BCUT2D eigenvalue weighted by Gasteiger charge is -2.37. The van der Waals surface area contributed by atoms with Gasteiger partial charge in [-0.1, -0.05) is 11.6 Å². The molecule has 26 heavy (non-hydrogen) atoms. The monoisotopic (exact) mass is 378 g/mol. The van der Waals surface area contributed by atoms with Gasteiger partial charge in [0.25, 0.3) is 0 Å². The number of benzene rings is 1. The third-order valence-corrected chi connectivity index (χ3v) is 6.07. The zero-order chi connectivity index (χ0) is 18.4. The van der Waals surface area contributed by atoms with E-state index in [-0.39, 0.29) is 12.5 Å². The molecule has 1 amide bonds. The Morgan fingerprint density at radius 1 is 1.08 bits per heavy atom. The van der Waals surface area contributed by atoms with Gasteiger partial charge in [-0.05, 0) is 68.8 Å². The fraction of sp³-hybridized carbons (Fsp3) is 0.650. The van der Waals surface area contributed by atoms with Crippen molar-refractivity contribution in [3.05, 3.63) is 29.3 Å². The Labute approximate surface area is 161 Å². The fourth-order valence-electron chi connectivity index (χ4n) is 4.13. The van der Waals surface area contributed by atoms with Gasteiger partial charge in [-0.3, -0.25) is 9.69 Å². The summed E-state index contributed by atoms with van der Waals surface area (Å²) in [6, 6.07) is 8.50. The van der Waals surface area contributed by atoms with Gasteiger partial charge in [-0.15, -0.1) is 0 Å². The molecule has 1 aromatic carbocycles. The minimum atomic E-state index is -0.0213. The minimum absolute atomic E-state index is 0.0213. The van der Waals surface area contributed by atoms with Crippen LogP contribution in [0.5, 0.6) is 0 Å². The number of nitrogens with two attached hydrogens (primary N) is 1. The Hall–Kier alpha value is -1.30. The van der Waals surface area contributed by atoms with Crippen LogP contribution in [0, 0.1) is 5.92 Å². The summed E-state index contributed by atoms with van der Waals surface area (Å²) >= 11 is 5.98. The highest BCUT2D eigenvalue weighted by Crippen LogP contribution is 2.27. The summed E-state index contributed by atoms with van der Waals surface area (Å²) < 4.78 is 0. The molecule has 1 heterocycles. The molecule has 0 radical (unpaired) electrons. The summed E-state index contributed by atoms with van der Waals surface area (Å²) in [7, 11) is 0. The number of halogens is 1. The summed E-state index contributed by atoms with van der Waals surface area (Å²) in [4.78, 5) is 16.4. The highest BCUT2D eigenvalue weighted by atomic mass is 35.5. The van der Waals surface area contributed by atoms with Crippen molar-refractivity contribution >= 4 is 23.2 Å². The molecule has 1 saturated carbocycles. The predicted molar refractivity (Wildman–Crippen MR) is 108 cm³/mol. The van der Waals surface area contributed by atoms with E-state index >= 15 is 0 Å². The standard InChI is InChI=1S/C20H31ClN4O/c21-17-3-7-19(8-4-17)25-13-11-24(12-14-25)10-9-16-1-5-18(6-2-16)23-20(26)15-22/h3-4,7-8,16,18H,1-2,5-6,9-15,22H2,(H,23,26). The first-order valence-electron chi connectivity index (χ1n) is 9.86. The third-order valence-electron chi connectivity index (χ3n) is 5.81. The maximum atomic E-state index is 11.4. The maximum Gasteiger partial charge on any atom is 0.233 e. The Morgan fingerprint density at radius 2 is 1.73 bits per heavy atom. The SMILES string of the molecule is NCC(=O)NC1CCC(CCN2CCN(c3ccc(Cl)cc3)CC2)CC1. The molecule has 0 unspecified atom stereocenters. The number of carbonyl (C=O) groups excluding carboxylic acids is 1. The van der Waals surface area contributed by atoms with E-state index in [4.69, 9.17) is 17.3 Å². The van der Waals surface area contributed by atoms with E-state index in [9.17, 15) is 4.79 Å². The Balaban J connectivity index is 1.33. The molecule has 1 aliphatic carbocycles. The topological polar surface area (TPSA) is 61.6 Å². The molecule has 144 valence electrons. The van der Waals surface area contributed by atoms with E-state index in [2.05, 4.69) is 27.2 Å². The molecule has 0 atom stereocenters. The van der Waals surface area contributed by atoms with Crippen LogP contribution in [0.2, 0.25) is 5.02 Å². The van der Waals surface area contributed by atoms with Gasteiger partial charge >= 0.3 is 0 Å². The summed E-state index contributed by atoms with van der Waals surface area (Å²) in [5.74, 6) is 0.780. The van der Waals surface area contributed by atoms with Crippen LogP contribution < -0.4 is 16.0 Å². The molecule has 0 bridgehead atoms. The molecule has 5 nitrogen and oxygen atoms in total. The molecule has 0 aromatic heterocycles. The normalized spacial score (nSPS) is 24.5. The van der Waals surface area contributed by atoms with Crippen LogP contribution in [0.3, 0.4) is 0 Å². The fourth-order valence-corrected chi connectivity index (χ4v) is 4.25. The largest absolute Gasteiger partial charge is 0.369 e. The molecule has 2 fully saturated rings. The van der Waals surface area contributed by atoms with Gasteiger partial charge in [-0.2, -0.15) is 0 Å². The van der Waals surface area contributed by atoms with Crippen LogP contribution in [0.1, 0.15) is 32.1 Å². The van der Waals surface area contributed by atoms with Crippen LogP contribution in [-0.2, 0) is 4.79 Å². The molecule has 1 aromatic rings. The number of nitrogens with zero attached hydrogens (tertiary/aromatic N) is 2. The smallest absolute Gasteiger partial charge is 0.233 e. The molecule has 3 N–H and O–H groups in total. The number of nitrogens with one attached hydrogen (secondary N) is 1. The highest BCUT2D eigenvalue weighted by Gasteiger charge is 2.23. The molecule has 0 spiro atoms. The first-order valence-corrected chi connectivity index (χ1v) is 10.2. The second-order valence-corrected chi connectivity index (χ2v) is 8.02. The molecular weight excluding hydrogens is 348 g/mol. The Morgan fingerprint density at radius 3 is 2.35 bits per heavy atom. The van der Waals surface area contributed by atoms with E-state index < -0.39 is 0 Å². The summed E-state index contributed by atoms with van der Waals surface area (Å²) in [5, 5.41) is 3.83. The van der Waals surface area contributed by atoms with Gasteiger partial charge in [0.15, 0.2) is 0 Å². The van der Waals surface area contributed by atoms with Crippen molar-refractivity contribution < 1.29 is 4.79 Å². The lowest BCUT2D eigenvalue weighted by Crippen LogP contribution is -2.47. The number of rotatable bonds is 6. The second-order valence-electron chi connectivity index (χ2n) is 7.58. The molecule has 2 aliphatic rings. The van der Waals surface area contributed by atoms with Crippen LogP contribution in [0.25, 0.3) is 0 Å². The van der Waals surface area contributed by atoms with Crippen molar-refractivity contribution in [1.29, 1.82) is 0 Å². The number of anilines is 1. The maximum absolute atomic E-state index is 11.4. The highest BCUT2D eigenvalue weighted by molar-refractivity contribution is 6.30. The van der Waals surface area contributed by atoms with Crippen molar-refractivity contribution in [1.82, 2.24) is 10.2 Å². The lowest BCUT2D eigenvalue weighted by atomic mass is 9.84. The van der Waals surface area contributed by atoms with Crippen molar-refractivity contribution in [3.8, 4) is 0 Å². The second kappa shape index (κ2) is 9.58. The van der Waals surface area contributed by atoms with Crippen LogP contribution in [0.4, 0.5) is 5.69 Å². The first-order chi connectivity index (χ1) is 12.6. The molecule has 1 saturated heterocycles. The number of hydrogen-bond acceptors (Lipinski definition) is 4. The average molecular weight is 379 g/mol. The summed E-state index contributed by atoms with van der Waals surface area (Å²) in [5.41, 5.74) is 6.64. The predicted octanol–water partition coefficient (Wildman–Crippen LogP) is 2.49. The first kappa shape index (κ1) is 19.5.